The molecule has 0 spiro atoms. The molecule has 0 aromatic heterocycles. The van der Waals surface area contributed by atoms with Crippen molar-refractivity contribution < 1.29 is 23.7 Å². The number of hydrogen-bond acceptors (Lipinski definition) is 5. The molecule has 5 rings (SSSR count). The molecule has 2 aliphatic rings. The van der Waals surface area contributed by atoms with E-state index in [0.717, 1.165) is 23.1 Å². The van der Waals surface area contributed by atoms with Gasteiger partial charge in [-0.05, 0) is 55.2 Å². The van der Waals surface area contributed by atoms with E-state index in [1.807, 2.05) is 54.6 Å². The van der Waals surface area contributed by atoms with Crippen LogP contribution in [0.25, 0.3) is 0 Å². The van der Waals surface area contributed by atoms with Gasteiger partial charge >= 0.3 is 0 Å². The molecule has 5 nitrogen and oxygen atoms in total. The van der Waals surface area contributed by atoms with E-state index in [4.69, 9.17) is 23.7 Å². The molecule has 7 atom stereocenters. The van der Waals surface area contributed by atoms with Crippen LogP contribution in [0.2, 0.25) is 0 Å². The minimum Gasteiger partial charge on any atom is -0.368 e. The van der Waals surface area contributed by atoms with Crippen molar-refractivity contribution in [1.82, 2.24) is 0 Å². The maximum absolute atomic E-state index is 6.87. The van der Waals surface area contributed by atoms with Gasteiger partial charge in [-0.3, -0.25) is 0 Å². The first-order valence-corrected chi connectivity index (χ1v) is 15.8. The zero-order valence-electron chi connectivity index (χ0n) is 25.2. The minimum absolute atomic E-state index is 0.0434. The Labute approximate surface area is 252 Å². The normalized spacial score (nSPS) is 28.0. The van der Waals surface area contributed by atoms with Gasteiger partial charge in [0.05, 0.1) is 32.0 Å². The van der Waals surface area contributed by atoms with Gasteiger partial charge in [-0.25, -0.2) is 0 Å². The van der Waals surface area contributed by atoms with Crippen LogP contribution >= 0.6 is 0 Å². The van der Waals surface area contributed by atoms with Gasteiger partial charge in [0.1, 0.15) is 18.3 Å². The number of benzene rings is 3. The fraction of sp³-hybridized carbons (Fsp3) is 0.486. The topological polar surface area (TPSA) is 46.2 Å². The summed E-state index contributed by atoms with van der Waals surface area (Å²) in [5, 5.41) is 0. The molecule has 0 amide bonds. The minimum atomic E-state index is -0.565. The number of rotatable bonds is 14. The van der Waals surface area contributed by atoms with Crippen LogP contribution in [0, 0.1) is 12.3 Å². The zero-order valence-corrected chi connectivity index (χ0v) is 25.2. The molecule has 42 heavy (non-hydrogen) atoms. The molecule has 3 aromatic rings. The lowest BCUT2D eigenvalue weighted by atomic mass is 9.83. The summed E-state index contributed by atoms with van der Waals surface area (Å²) in [6.45, 7) is 5.68. The summed E-state index contributed by atoms with van der Waals surface area (Å²) in [5.74, 6) is 0.503. The second-order valence-electron chi connectivity index (χ2n) is 11.7. The molecular formula is C37H47O5. The van der Waals surface area contributed by atoms with Gasteiger partial charge in [-0.2, -0.15) is 0 Å². The number of ether oxygens (including phenoxy) is 5. The maximum Gasteiger partial charge on any atom is 0.187 e. The Hall–Kier alpha value is -2.54. The average molecular weight is 572 g/mol. The first-order valence-electron chi connectivity index (χ1n) is 15.8. The third-order valence-electron chi connectivity index (χ3n) is 8.45. The summed E-state index contributed by atoms with van der Waals surface area (Å²) in [7, 11) is 0. The fourth-order valence-electron chi connectivity index (χ4n) is 6.09. The highest BCUT2D eigenvalue weighted by molar-refractivity contribution is 5.15. The molecule has 1 radical (unpaired) electrons. The van der Waals surface area contributed by atoms with E-state index < -0.39 is 12.4 Å². The van der Waals surface area contributed by atoms with Gasteiger partial charge < -0.3 is 23.7 Å². The van der Waals surface area contributed by atoms with Crippen molar-refractivity contribution in [3.63, 3.8) is 0 Å². The lowest BCUT2D eigenvalue weighted by molar-refractivity contribution is -0.330. The molecule has 0 bridgehead atoms. The molecule has 5 heteroatoms. The van der Waals surface area contributed by atoms with Crippen LogP contribution < -0.4 is 0 Å². The Morgan fingerprint density at radius 3 is 1.76 bits per heavy atom. The highest BCUT2D eigenvalue weighted by atomic mass is 16.7. The quantitative estimate of drug-likeness (QED) is 0.196. The summed E-state index contributed by atoms with van der Waals surface area (Å²) in [6, 6.07) is 30.8. The molecule has 0 N–H and O–H groups in total. The van der Waals surface area contributed by atoms with Gasteiger partial charge in [0, 0.05) is 0 Å². The third-order valence-corrected chi connectivity index (χ3v) is 8.45. The van der Waals surface area contributed by atoms with Crippen LogP contribution in [-0.4, -0.2) is 36.8 Å². The summed E-state index contributed by atoms with van der Waals surface area (Å²) in [5.41, 5.74) is 3.32. The molecular weight excluding hydrogens is 524 g/mol. The second-order valence-corrected chi connectivity index (χ2v) is 11.7. The van der Waals surface area contributed by atoms with Crippen LogP contribution in [0.15, 0.2) is 91.0 Å². The number of hydrogen-bond donors (Lipinski definition) is 0. The van der Waals surface area contributed by atoms with E-state index in [-0.39, 0.29) is 24.4 Å². The molecule has 1 saturated carbocycles. The summed E-state index contributed by atoms with van der Waals surface area (Å²) in [4.78, 5) is 0. The van der Waals surface area contributed by atoms with E-state index >= 15 is 0 Å². The van der Waals surface area contributed by atoms with Crippen molar-refractivity contribution in [3.05, 3.63) is 114 Å². The van der Waals surface area contributed by atoms with Crippen molar-refractivity contribution in [2.75, 3.05) is 0 Å². The summed E-state index contributed by atoms with van der Waals surface area (Å²) >= 11 is 0. The Morgan fingerprint density at radius 2 is 1.21 bits per heavy atom. The summed E-state index contributed by atoms with van der Waals surface area (Å²) < 4.78 is 33.5. The highest BCUT2D eigenvalue weighted by Crippen LogP contribution is 2.36. The van der Waals surface area contributed by atoms with Crippen molar-refractivity contribution in [2.24, 2.45) is 5.92 Å². The predicted molar refractivity (Wildman–Crippen MR) is 165 cm³/mol. The average Bonchev–Trinajstić information content (AvgIpc) is 3.04. The molecule has 1 aliphatic carbocycles. The molecule has 1 aliphatic heterocycles. The molecule has 3 aromatic carbocycles. The van der Waals surface area contributed by atoms with Crippen LogP contribution in [0.3, 0.4) is 0 Å². The fourth-order valence-corrected chi connectivity index (χ4v) is 6.09. The van der Waals surface area contributed by atoms with E-state index in [9.17, 15) is 0 Å². The maximum atomic E-state index is 6.87. The van der Waals surface area contributed by atoms with Crippen molar-refractivity contribution in [1.29, 1.82) is 0 Å². The van der Waals surface area contributed by atoms with Crippen molar-refractivity contribution in [3.8, 4) is 0 Å². The lowest BCUT2D eigenvalue weighted by Crippen LogP contribution is -2.60. The van der Waals surface area contributed by atoms with Gasteiger partial charge in [0.15, 0.2) is 6.29 Å². The first kappa shape index (κ1) is 30.9. The molecule has 0 unspecified atom stereocenters. The van der Waals surface area contributed by atoms with E-state index in [0.29, 0.717) is 25.7 Å². The first-order chi connectivity index (χ1) is 20.7. The van der Waals surface area contributed by atoms with E-state index in [1.54, 1.807) is 0 Å². The Balaban J connectivity index is 1.40. The number of unbranched alkanes of at least 4 members (excludes halogenated alkanes) is 1. The Bertz CT molecular complexity index is 1140. The van der Waals surface area contributed by atoms with Gasteiger partial charge in [0.2, 0.25) is 0 Å². The monoisotopic (exact) mass is 571 g/mol. The zero-order chi connectivity index (χ0) is 29.0. The van der Waals surface area contributed by atoms with E-state index in [1.165, 1.54) is 32.1 Å². The van der Waals surface area contributed by atoms with Crippen molar-refractivity contribution in [2.45, 2.75) is 109 Å². The van der Waals surface area contributed by atoms with Crippen LogP contribution in [0.4, 0.5) is 0 Å². The lowest BCUT2D eigenvalue weighted by Gasteiger charge is -2.47. The molecule has 1 saturated heterocycles. The van der Waals surface area contributed by atoms with Crippen LogP contribution in [0.5, 0.6) is 0 Å². The van der Waals surface area contributed by atoms with Crippen molar-refractivity contribution >= 4 is 0 Å². The van der Waals surface area contributed by atoms with E-state index in [2.05, 4.69) is 56.7 Å². The third kappa shape index (κ3) is 8.75. The standard InChI is InChI=1S/C37H47O5/c1-3-4-22-32-23-14-15-24-33(32)42-37-36(40-27-31-20-12-7-13-21-31)35(39-26-30-18-10-6-11-19-30)34(28(2)41-37)38-25-29-16-8-5-9-17-29/h5-13,16-21,24,28,32-37H,3-4,14-15,22-23,25-27H2,1-2H3/t28-,32+,33-,34+,35+,36-,37+/m1/s1. The van der Waals surface area contributed by atoms with Crippen LogP contribution in [-0.2, 0) is 43.5 Å². The summed E-state index contributed by atoms with van der Waals surface area (Å²) in [6.07, 6.45) is 7.47. The van der Waals surface area contributed by atoms with Gasteiger partial charge in [-0.1, -0.05) is 117 Å². The van der Waals surface area contributed by atoms with Gasteiger partial charge in [0.25, 0.3) is 0 Å². The second kappa shape index (κ2) is 16.3. The predicted octanol–water partition coefficient (Wildman–Crippen LogP) is 8.07. The smallest absolute Gasteiger partial charge is 0.187 e. The van der Waals surface area contributed by atoms with Gasteiger partial charge in [-0.15, -0.1) is 0 Å². The molecule has 1 heterocycles. The van der Waals surface area contributed by atoms with Crippen LogP contribution in [0.1, 0.15) is 69.1 Å². The highest BCUT2D eigenvalue weighted by Gasteiger charge is 2.48. The molecule has 2 fully saturated rings. The Kier molecular flexibility index (Phi) is 12.0. The molecule has 225 valence electrons. The Morgan fingerprint density at radius 1 is 0.690 bits per heavy atom. The SMILES string of the molecule is CCCC[C@H]1CCC[CH][C@H]1O[C@@H]1O[C@H](C)[C@H](OCc2ccccc2)[C@H](OCc2ccccc2)[C@H]1OCc1ccccc1. The largest absolute Gasteiger partial charge is 0.368 e.